The average molecular weight is 183 g/mol. The first kappa shape index (κ1) is 10.3. The van der Waals surface area contributed by atoms with E-state index in [1.807, 2.05) is 13.0 Å². The Hall–Kier alpha value is -0.800. The molecule has 0 saturated heterocycles. The van der Waals surface area contributed by atoms with Crippen LogP contribution in [0.15, 0.2) is 16.7 Å². The van der Waals surface area contributed by atoms with Gasteiger partial charge in [-0.2, -0.15) is 0 Å². The monoisotopic (exact) mass is 183 g/mol. The summed E-state index contributed by atoms with van der Waals surface area (Å²) < 4.78 is 5.25. The molecule has 74 valence electrons. The molecule has 1 aromatic heterocycles. The number of aryl methyl sites for hydroxylation is 1. The first-order valence-electron chi connectivity index (χ1n) is 4.62. The highest BCUT2D eigenvalue weighted by Crippen LogP contribution is 2.07. The predicted molar refractivity (Wildman–Crippen MR) is 51.4 cm³/mol. The fourth-order valence-electron chi connectivity index (χ4n) is 1.10. The molecule has 13 heavy (non-hydrogen) atoms. The highest BCUT2D eigenvalue weighted by atomic mass is 16.3. The number of hydrogen-bond acceptors (Lipinski definition) is 3. The highest BCUT2D eigenvalue weighted by Gasteiger charge is 2.00. The van der Waals surface area contributed by atoms with Crippen LogP contribution in [0, 0.1) is 6.92 Å². The zero-order chi connectivity index (χ0) is 9.68. The Morgan fingerprint density at radius 2 is 2.38 bits per heavy atom. The maximum Gasteiger partial charge on any atom is 0.120 e. The molecule has 0 aliphatic carbocycles. The molecule has 0 aliphatic rings. The molecule has 0 bridgehead atoms. The van der Waals surface area contributed by atoms with Gasteiger partial charge < -0.3 is 14.8 Å². The minimum Gasteiger partial charge on any atom is -0.468 e. The van der Waals surface area contributed by atoms with E-state index in [4.69, 9.17) is 9.52 Å². The maximum absolute atomic E-state index is 9.00. The molecule has 0 aromatic carbocycles. The second-order valence-electron chi connectivity index (χ2n) is 3.34. The van der Waals surface area contributed by atoms with Crippen LogP contribution < -0.4 is 5.32 Å². The second-order valence-corrected chi connectivity index (χ2v) is 3.34. The van der Waals surface area contributed by atoms with Gasteiger partial charge in [-0.15, -0.1) is 0 Å². The summed E-state index contributed by atoms with van der Waals surface area (Å²) in [5.74, 6) is 0.977. The summed E-state index contributed by atoms with van der Waals surface area (Å²) in [5, 5.41) is 12.2. The average Bonchev–Trinajstić information content (AvgIpc) is 2.45. The minimum atomic E-state index is -0.231. The molecule has 1 unspecified atom stereocenters. The molecule has 1 atom stereocenters. The van der Waals surface area contributed by atoms with Gasteiger partial charge in [0.15, 0.2) is 0 Å². The summed E-state index contributed by atoms with van der Waals surface area (Å²) in [4.78, 5) is 0. The van der Waals surface area contributed by atoms with Crippen LogP contribution in [-0.2, 0) is 6.54 Å². The van der Waals surface area contributed by atoms with Crippen molar-refractivity contribution < 1.29 is 9.52 Å². The molecule has 0 amide bonds. The van der Waals surface area contributed by atoms with Crippen LogP contribution in [0.4, 0.5) is 0 Å². The van der Waals surface area contributed by atoms with Gasteiger partial charge in [0.25, 0.3) is 0 Å². The number of aliphatic hydroxyl groups is 1. The lowest BCUT2D eigenvalue weighted by Gasteiger charge is -2.05. The van der Waals surface area contributed by atoms with Gasteiger partial charge in [-0.1, -0.05) is 0 Å². The lowest BCUT2D eigenvalue weighted by Crippen LogP contribution is -2.18. The number of furan rings is 1. The molecule has 0 radical (unpaired) electrons. The van der Waals surface area contributed by atoms with Crippen molar-refractivity contribution in [2.75, 3.05) is 6.54 Å². The van der Waals surface area contributed by atoms with Gasteiger partial charge in [0.05, 0.1) is 18.9 Å². The van der Waals surface area contributed by atoms with E-state index in [-0.39, 0.29) is 6.10 Å². The zero-order valence-electron chi connectivity index (χ0n) is 8.21. The predicted octanol–water partition coefficient (Wildman–Crippen LogP) is 1.45. The van der Waals surface area contributed by atoms with Gasteiger partial charge in [0.1, 0.15) is 5.76 Å². The number of aliphatic hydroxyl groups excluding tert-OH is 1. The van der Waals surface area contributed by atoms with Crippen molar-refractivity contribution in [3.63, 3.8) is 0 Å². The van der Waals surface area contributed by atoms with Gasteiger partial charge in [-0.05, 0) is 38.4 Å². The van der Waals surface area contributed by atoms with Crippen molar-refractivity contribution in [2.45, 2.75) is 32.9 Å². The molecule has 3 heteroatoms. The Kier molecular flexibility index (Phi) is 3.99. The van der Waals surface area contributed by atoms with Crippen molar-refractivity contribution in [3.8, 4) is 0 Å². The molecule has 1 rings (SSSR count). The summed E-state index contributed by atoms with van der Waals surface area (Å²) in [6, 6.07) is 1.95. The number of rotatable bonds is 5. The van der Waals surface area contributed by atoms with E-state index in [2.05, 4.69) is 5.32 Å². The van der Waals surface area contributed by atoms with E-state index in [0.29, 0.717) is 0 Å². The van der Waals surface area contributed by atoms with Crippen LogP contribution in [0.1, 0.15) is 24.7 Å². The smallest absolute Gasteiger partial charge is 0.120 e. The molecular weight excluding hydrogens is 166 g/mol. The van der Waals surface area contributed by atoms with Crippen LogP contribution in [0.2, 0.25) is 0 Å². The maximum atomic E-state index is 9.00. The molecule has 2 N–H and O–H groups in total. The number of nitrogens with one attached hydrogen (secondary N) is 1. The minimum absolute atomic E-state index is 0.231. The SMILES string of the molecule is Cc1ccoc1CNCCC(C)O. The summed E-state index contributed by atoms with van der Waals surface area (Å²) >= 11 is 0. The Labute approximate surface area is 78.8 Å². The van der Waals surface area contributed by atoms with E-state index < -0.39 is 0 Å². The van der Waals surface area contributed by atoms with Gasteiger partial charge in [-0.3, -0.25) is 0 Å². The first-order chi connectivity index (χ1) is 6.20. The number of hydrogen-bond donors (Lipinski definition) is 2. The van der Waals surface area contributed by atoms with E-state index in [0.717, 1.165) is 25.3 Å². The van der Waals surface area contributed by atoms with Crippen LogP contribution in [0.3, 0.4) is 0 Å². The van der Waals surface area contributed by atoms with Crippen LogP contribution in [0.25, 0.3) is 0 Å². The second kappa shape index (κ2) is 5.04. The van der Waals surface area contributed by atoms with Crippen molar-refractivity contribution in [2.24, 2.45) is 0 Å². The topological polar surface area (TPSA) is 45.4 Å². The van der Waals surface area contributed by atoms with Gasteiger partial charge in [-0.25, -0.2) is 0 Å². The fraction of sp³-hybridized carbons (Fsp3) is 0.600. The summed E-state index contributed by atoms with van der Waals surface area (Å²) in [7, 11) is 0. The summed E-state index contributed by atoms with van der Waals surface area (Å²) in [6.45, 7) is 5.37. The van der Waals surface area contributed by atoms with E-state index in [1.54, 1.807) is 13.2 Å². The summed E-state index contributed by atoms with van der Waals surface area (Å²) in [5.41, 5.74) is 1.17. The Bertz CT molecular complexity index is 243. The third-order valence-corrected chi connectivity index (χ3v) is 1.99. The normalized spacial score (nSPS) is 13.2. The quantitative estimate of drug-likeness (QED) is 0.679. The van der Waals surface area contributed by atoms with Crippen LogP contribution in [0.5, 0.6) is 0 Å². The molecule has 1 heterocycles. The molecular formula is C10H17NO2. The molecule has 0 spiro atoms. The Balaban J connectivity index is 2.17. The van der Waals surface area contributed by atoms with Crippen molar-refractivity contribution in [1.29, 1.82) is 0 Å². The fourth-order valence-corrected chi connectivity index (χ4v) is 1.10. The molecule has 0 fully saturated rings. The third kappa shape index (κ3) is 3.61. The summed E-state index contributed by atoms with van der Waals surface area (Å²) in [6.07, 6.45) is 2.24. The molecule has 0 saturated carbocycles. The zero-order valence-corrected chi connectivity index (χ0v) is 8.21. The third-order valence-electron chi connectivity index (χ3n) is 1.99. The van der Waals surface area contributed by atoms with E-state index in [9.17, 15) is 0 Å². The highest BCUT2D eigenvalue weighted by molar-refractivity contribution is 5.13. The first-order valence-corrected chi connectivity index (χ1v) is 4.62. The van der Waals surface area contributed by atoms with Crippen LogP contribution >= 0.6 is 0 Å². The largest absolute Gasteiger partial charge is 0.468 e. The van der Waals surface area contributed by atoms with Gasteiger partial charge in [0.2, 0.25) is 0 Å². The van der Waals surface area contributed by atoms with E-state index >= 15 is 0 Å². The van der Waals surface area contributed by atoms with Crippen molar-refractivity contribution >= 4 is 0 Å². The molecule has 0 aliphatic heterocycles. The van der Waals surface area contributed by atoms with Crippen LogP contribution in [-0.4, -0.2) is 17.8 Å². The van der Waals surface area contributed by atoms with Crippen molar-refractivity contribution in [3.05, 3.63) is 23.7 Å². The molecule has 3 nitrogen and oxygen atoms in total. The van der Waals surface area contributed by atoms with Gasteiger partial charge in [0, 0.05) is 0 Å². The Morgan fingerprint density at radius 3 is 2.92 bits per heavy atom. The lowest BCUT2D eigenvalue weighted by molar-refractivity contribution is 0.183. The van der Waals surface area contributed by atoms with Crippen molar-refractivity contribution in [1.82, 2.24) is 5.32 Å². The molecule has 1 aromatic rings. The van der Waals surface area contributed by atoms with Gasteiger partial charge >= 0.3 is 0 Å². The standard InChI is InChI=1S/C10H17NO2/c1-8-4-6-13-10(8)7-11-5-3-9(2)12/h4,6,9,11-12H,3,5,7H2,1-2H3. The Morgan fingerprint density at radius 1 is 1.62 bits per heavy atom. The van der Waals surface area contributed by atoms with E-state index in [1.165, 1.54) is 5.56 Å². The lowest BCUT2D eigenvalue weighted by atomic mass is 10.2.